The van der Waals surface area contributed by atoms with E-state index in [-0.39, 0.29) is 0 Å². The molecule has 1 atom stereocenters. The van der Waals surface area contributed by atoms with Crippen molar-refractivity contribution in [2.45, 2.75) is 19.4 Å². The number of aromatic nitrogens is 1. The van der Waals surface area contributed by atoms with Gasteiger partial charge in [0.15, 0.2) is 11.6 Å². The van der Waals surface area contributed by atoms with Gasteiger partial charge in [0, 0.05) is 6.20 Å². The van der Waals surface area contributed by atoms with Crippen LogP contribution >= 0.6 is 0 Å². The molecule has 1 aromatic carbocycles. The van der Waals surface area contributed by atoms with E-state index in [0.717, 1.165) is 0 Å². The second-order valence-electron chi connectivity index (χ2n) is 5.32. The Balaban J connectivity index is 1.86. The largest absolute Gasteiger partial charge is 0.492 e. The third kappa shape index (κ3) is 2.76. The molecule has 1 aliphatic rings. The van der Waals surface area contributed by atoms with Gasteiger partial charge in [-0.05, 0) is 38.1 Å². The first-order valence-corrected chi connectivity index (χ1v) is 7.53. The van der Waals surface area contributed by atoms with E-state index in [1.165, 1.54) is 13.1 Å². The van der Waals surface area contributed by atoms with Crippen LogP contribution in [0.15, 0.2) is 42.6 Å². The molecule has 0 fully saturated rings. The monoisotopic (exact) mass is 327 g/mol. The smallest absolute Gasteiger partial charge is 0.279 e. The van der Waals surface area contributed by atoms with Crippen LogP contribution in [0.25, 0.3) is 0 Å². The van der Waals surface area contributed by atoms with Crippen LogP contribution < -0.4 is 20.1 Å². The molecular weight excluding hydrogens is 310 g/mol. The summed E-state index contributed by atoms with van der Waals surface area (Å²) in [6.07, 6.45) is 1.53. The molecule has 3 rings (SSSR count). The highest BCUT2D eigenvalue weighted by atomic mass is 16.5. The van der Waals surface area contributed by atoms with Gasteiger partial charge < -0.3 is 20.1 Å². The van der Waals surface area contributed by atoms with E-state index in [2.05, 4.69) is 15.6 Å². The summed E-state index contributed by atoms with van der Waals surface area (Å²) in [5, 5.41) is 5.29. The normalized spacial score (nSPS) is 18.8. The van der Waals surface area contributed by atoms with Crippen LogP contribution in [-0.4, -0.2) is 29.0 Å². The van der Waals surface area contributed by atoms with E-state index >= 15 is 0 Å². The summed E-state index contributed by atoms with van der Waals surface area (Å²) < 4.78 is 11.1. The van der Waals surface area contributed by atoms with Crippen LogP contribution in [0.5, 0.6) is 11.5 Å². The predicted molar refractivity (Wildman–Crippen MR) is 88.1 cm³/mol. The number of hydrogen-bond acceptors (Lipinski definition) is 5. The summed E-state index contributed by atoms with van der Waals surface area (Å²) in [5.41, 5.74) is -1.24. The molecule has 7 nitrogen and oxygen atoms in total. The number of ether oxygens (including phenoxy) is 2. The van der Waals surface area contributed by atoms with Crippen LogP contribution in [-0.2, 0) is 9.59 Å². The average molecular weight is 327 g/mol. The fourth-order valence-corrected chi connectivity index (χ4v) is 2.30. The highest BCUT2D eigenvalue weighted by Gasteiger charge is 2.47. The van der Waals surface area contributed by atoms with Crippen molar-refractivity contribution in [1.29, 1.82) is 0 Å². The Bertz CT molecular complexity index is 793. The molecule has 2 N–H and O–H groups in total. The number of carbonyl (C=O) groups excluding carboxylic acids is 2. The Morgan fingerprint density at radius 1 is 1.33 bits per heavy atom. The molecule has 1 aromatic heterocycles. The zero-order valence-corrected chi connectivity index (χ0v) is 13.3. The van der Waals surface area contributed by atoms with Crippen molar-refractivity contribution in [3.05, 3.63) is 42.6 Å². The molecule has 0 unspecified atom stereocenters. The molecule has 124 valence electrons. The zero-order chi connectivity index (χ0) is 17.2. The molecular formula is C17H17N3O4. The minimum absolute atomic E-state index is 0.294. The van der Waals surface area contributed by atoms with Gasteiger partial charge in [-0.1, -0.05) is 12.1 Å². The van der Waals surface area contributed by atoms with Gasteiger partial charge in [0.05, 0.1) is 12.3 Å². The van der Waals surface area contributed by atoms with Crippen molar-refractivity contribution in [2.75, 3.05) is 17.2 Å². The van der Waals surface area contributed by atoms with Gasteiger partial charge in [0.25, 0.3) is 17.4 Å². The quantitative estimate of drug-likeness (QED) is 0.840. The minimum atomic E-state index is -1.71. The number of hydrogen-bond donors (Lipinski definition) is 2. The molecule has 0 spiro atoms. The lowest BCUT2D eigenvalue weighted by atomic mass is 10.0. The Labute approximate surface area is 139 Å². The first-order chi connectivity index (χ1) is 11.5. The number of amides is 2. The fraction of sp³-hybridized carbons (Fsp3) is 0.235. The van der Waals surface area contributed by atoms with Crippen LogP contribution in [0.1, 0.15) is 13.8 Å². The average Bonchev–Trinajstić information content (AvgIpc) is 2.58. The number of carbonyl (C=O) groups is 2. The molecule has 2 amide bonds. The third-order valence-corrected chi connectivity index (χ3v) is 3.62. The Hall–Kier alpha value is -3.09. The number of para-hydroxylation sites is 2. The Kier molecular flexibility index (Phi) is 4.07. The molecule has 1 aliphatic heterocycles. The van der Waals surface area contributed by atoms with Crippen molar-refractivity contribution < 1.29 is 19.1 Å². The van der Waals surface area contributed by atoms with Gasteiger partial charge in [0.1, 0.15) is 5.75 Å². The zero-order valence-electron chi connectivity index (χ0n) is 13.3. The molecule has 0 saturated heterocycles. The van der Waals surface area contributed by atoms with Crippen molar-refractivity contribution >= 4 is 23.3 Å². The maximum atomic E-state index is 12.7. The highest BCUT2D eigenvalue weighted by Crippen LogP contribution is 2.33. The van der Waals surface area contributed by atoms with E-state index < -0.39 is 17.4 Å². The maximum absolute atomic E-state index is 12.7. The second kappa shape index (κ2) is 6.19. The topological polar surface area (TPSA) is 89.6 Å². The van der Waals surface area contributed by atoms with E-state index in [9.17, 15) is 9.59 Å². The van der Waals surface area contributed by atoms with Gasteiger partial charge >= 0.3 is 0 Å². The minimum Gasteiger partial charge on any atom is -0.492 e. The standard InChI is InChI=1S/C17H17N3O4/c1-3-23-12-8-5-4-7-11(12)19-15(21)17(2)16(22)20-14-13(24-17)9-6-10-18-14/h4-10H,3H2,1-2H3,(H,19,21)(H,18,20,22)/t17-/m1/s1. The lowest BCUT2D eigenvalue weighted by molar-refractivity contribution is -0.143. The van der Waals surface area contributed by atoms with Gasteiger partial charge in [0.2, 0.25) is 0 Å². The number of rotatable bonds is 4. The summed E-state index contributed by atoms with van der Waals surface area (Å²) in [4.78, 5) is 29.1. The first-order valence-electron chi connectivity index (χ1n) is 7.53. The molecule has 24 heavy (non-hydrogen) atoms. The van der Waals surface area contributed by atoms with Crippen molar-refractivity contribution in [1.82, 2.24) is 4.98 Å². The molecule has 0 radical (unpaired) electrons. The van der Waals surface area contributed by atoms with Crippen LogP contribution in [0.4, 0.5) is 11.5 Å². The molecule has 0 saturated carbocycles. The molecule has 0 aliphatic carbocycles. The number of nitrogens with one attached hydrogen (secondary N) is 2. The van der Waals surface area contributed by atoms with Crippen molar-refractivity contribution in [2.24, 2.45) is 0 Å². The summed E-state index contributed by atoms with van der Waals surface area (Å²) in [7, 11) is 0. The summed E-state index contributed by atoms with van der Waals surface area (Å²) in [6.45, 7) is 3.72. The van der Waals surface area contributed by atoms with Gasteiger partial charge in [-0.15, -0.1) is 0 Å². The lowest BCUT2D eigenvalue weighted by Gasteiger charge is -2.32. The van der Waals surface area contributed by atoms with Crippen LogP contribution in [0.2, 0.25) is 0 Å². The van der Waals surface area contributed by atoms with Crippen molar-refractivity contribution in [3.8, 4) is 11.5 Å². The van der Waals surface area contributed by atoms with Gasteiger partial charge in [-0.3, -0.25) is 9.59 Å². The molecule has 2 heterocycles. The molecule has 7 heteroatoms. The number of nitrogens with zero attached hydrogens (tertiary/aromatic N) is 1. The van der Waals surface area contributed by atoms with Gasteiger partial charge in [-0.25, -0.2) is 4.98 Å². The fourth-order valence-electron chi connectivity index (χ4n) is 2.30. The highest BCUT2D eigenvalue weighted by molar-refractivity contribution is 6.18. The van der Waals surface area contributed by atoms with E-state index in [1.54, 1.807) is 36.4 Å². The number of benzene rings is 1. The van der Waals surface area contributed by atoms with Crippen molar-refractivity contribution in [3.63, 3.8) is 0 Å². The summed E-state index contributed by atoms with van der Waals surface area (Å²) in [6, 6.07) is 10.3. The number of anilines is 2. The number of pyridine rings is 1. The van der Waals surface area contributed by atoms with E-state index in [4.69, 9.17) is 9.47 Å². The lowest BCUT2D eigenvalue weighted by Crippen LogP contribution is -2.56. The number of fused-ring (bicyclic) bond motifs is 1. The second-order valence-corrected chi connectivity index (χ2v) is 5.32. The SMILES string of the molecule is CCOc1ccccc1NC(=O)[C@@]1(C)Oc2cccnc2NC1=O. The first kappa shape index (κ1) is 15.8. The predicted octanol–water partition coefficient (Wildman–Crippen LogP) is 2.21. The molecule has 0 bridgehead atoms. The Morgan fingerprint density at radius 2 is 2.12 bits per heavy atom. The Morgan fingerprint density at radius 3 is 2.92 bits per heavy atom. The van der Waals surface area contributed by atoms with E-state index in [1.807, 2.05) is 6.92 Å². The van der Waals surface area contributed by atoms with Crippen LogP contribution in [0, 0.1) is 0 Å². The summed E-state index contributed by atoms with van der Waals surface area (Å²) in [5.74, 6) is -0.0210. The van der Waals surface area contributed by atoms with Crippen LogP contribution in [0.3, 0.4) is 0 Å². The summed E-state index contributed by atoms with van der Waals surface area (Å²) >= 11 is 0. The van der Waals surface area contributed by atoms with Gasteiger partial charge in [-0.2, -0.15) is 0 Å². The molecule has 2 aromatic rings. The van der Waals surface area contributed by atoms with E-state index in [0.29, 0.717) is 29.6 Å². The maximum Gasteiger partial charge on any atom is 0.279 e. The third-order valence-electron chi connectivity index (χ3n) is 3.62.